The quantitative estimate of drug-likeness (QED) is 0.717. The summed E-state index contributed by atoms with van der Waals surface area (Å²) in [4.78, 5) is 16.5. The van der Waals surface area contributed by atoms with Crippen LogP contribution in [0.15, 0.2) is 48.5 Å². The second-order valence-corrected chi connectivity index (χ2v) is 7.73. The van der Waals surface area contributed by atoms with Gasteiger partial charge in [0.25, 0.3) is 0 Å². The molecule has 1 N–H and O–H groups in total. The van der Waals surface area contributed by atoms with E-state index in [1.165, 1.54) is 17.7 Å². The first-order valence-corrected chi connectivity index (χ1v) is 9.96. The number of carbonyl (C=O) groups excluding carboxylic acids is 1. The minimum absolute atomic E-state index is 0.0810. The molecular weight excluding hydrogens is 387 g/mol. The number of halogens is 1. The third kappa shape index (κ3) is 3.70. The number of benzene rings is 2. The highest BCUT2D eigenvalue weighted by Gasteiger charge is 2.37. The number of ether oxygens (including phenoxy) is 1. The first-order valence-electron chi connectivity index (χ1n) is 9.96. The van der Waals surface area contributed by atoms with Crippen molar-refractivity contribution in [2.75, 3.05) is 26.2 Å². The number of tetrazole rings is 1. The van der Waals surface area contributed by atoms with Crippen molar-refractivity contribution in [3.8, 4) is 11.5 Å². The number of nitrogens with one attached hydrogen (secondary N) is 1. The molecule has 0 saturated carbocycles. The third-order valence-electron chi connectivity index (χ3n) is 5.76. The lowest BCUT2D eigenvalue weighted by molar-refractivity contribution is 0.121. The highest BCUT2D eigenvalue weighted by atomic mass is 19.1. The Hall–Kier alpha value is -3.49. The topological polar surface area (TPSA) is 87.2 Å². The van der Waals surface area contributed by atoms with Gasteiger partial charge < -0.3 is 14.5 Å². The number of aromatic nitrogens is 4. The van der Waals surface area contributed by atoms with Gasteiger partial charge in [0.2, 0.25) is 0 Å². The van der Waals surface area contributed by atoms with Crippen LogP contribution < -0.4 is 4.74 Å². The van der Waals surface area contributed by atoms with E-state index in [1.807, 2.05) is 34.1 Å². The van der Waals surface area contributed by atoms with Crippen LogP contribution >= 0.6 is 0 Å². The highest BCUT2D eigenvalue weighted by molar-refractivity contribution is 5.76. The molecule has 3 heterocycles. The molecule has 2 aliphatic rings. The fourth-order valence-electron chi connectivity index (χ4n) is 3.99. The van der Waals surface area contributed by atoms with Gasteiger partial charge in [-0.1, -0.05) is 12.1 Å². The molecule has 2 amide bonds. The number of likely N-dealkylation sites (tertiary alicyclic amines) is 2. The van der Waals surface area contributed by atoms with Crippen molar-refractivity contribution in [2.45, 2.75) is 18.3 Å². The lowest BCUT2D eigenvalue weighted by atomic mass is 9.92. The summed E-state index contributed by atoms with van der Waals surface area (Å²) in [7, 11) is 0. The first kappa shape index (κ1) is 18.5. The van der Waals surface area contributed by atoms with Gasteiger partial charge in [0.1, 0.15) is 17.3 Å². The van der Waals surface area contributed by atoms with E-state index in [4.69, 9.17) is 4.74 Å². The molecule has 0 spiro atoms. The molecule has 2 saturated heterocycles. The summed E-state index contributed by atoms with van der Waals surface area (Å²) in [5.41, 5.74) is 1.18. The Labute approximate surface area is 172 Å². The van der Waals surface area contributed by atoms with Gasteiger partial charge in [0, 0.05) is 38.0 Å². The standard InChI is InChI=1S/C21H21FN6O2/c22-17-3-7-19(8-4-17)30-18-5-1-14(2-6-18)16-12-28(13-16)21(29)27-10-9-15(11-27)20-23-25-26-24-20/h1-8,15-16H,9-13H2,(H,23,24,25,26). The number of nitrogens with zero attached hydrogens (tertiary/aromatic N) is 5. The van der Waals surface area contributed by atoms with Crippen molar-refractivity contribution in [1.29, 1.82) is 0 Å². The van der Waals surface area contributed by atoms with Crippen LogP contribution in [0.5, 0.6) is 11.5 Å². The van der Waals surface area contributed by atoms with Crippen molar-refractivity contribution >= 4 is 6.03 Å². The minimum atomic E-state index is -0.291. The van der Waals surface area contributed by atoms with Crippen molar-refractivity contribution in [3.05, 3.63) is 65.7 Å². The summed E-state index contributed by atoms with van der Waals surface area (Å²) in [6.45, 7) is 2.79. The Bertz CT molecular complexity index is 1000. The number of rotatable bonds is 4. The third-order valence-corrected chi connectivity index (χ3v) is 5.76. The SMILES string of the molecule is O=C(N1CC(c2ccc(Oc3ccc(F)cc3)cc2)C1)N1CCC(c2nnn[nH]2)C1. The van der Waals surface area contributed by atoms with Crippen LogP contribution in [0.25, 0.3) is 0 Å². The fraction of sp³-hybridized carbons (Fsp3) is 0.333. The van der Waals surface area contributed by atoms with Gasteiger partial charge >= 0.3 is 6.03 Å². The van der Waals surface area contributed by atoms with Crippen LogP contribution in [0.2, 0.25) is 0 Å². The summed E-state index contributed by atoms with van der Waals surface area (Å²) in [6, 6.07) is 13.9. The lowest BCUT2D eigenvalue weighted by Crippen LogP contribution is -2.53. The molecule has 0 radical (unpaired) electrons. The molecule has 2 aliphatic heterocycles. The zero-order chi connectivity index (χ0) is 20.5. The predicted octanol–water partition coefficient (Wildman–Crippen LogP) is 3.14. The maximum Gasteiger partial charge on any atom is 0.320 e. The van der Waals surface area contributed by atoms with Crippen LogP contribution in [0.3, 0.4) is 0 Å². The number of H-pyrrole nitrogens is 1. The molecule has 1 aromatic heterocycles. The van der Waals surface area contributed by atoms with E-state index < -0.39 is 0 Å². The zero-order valence-corrected chi connectivity index (χ0v) is 16.2. The maximum absolute atomic E-state index is 13.0. The minimum Gasteiger partial charge on any atom is -0.457 e. The van der Waals surface area contributed by atoms with E-state index in [0.29, 0.717) is 37.1 Å². The van der Waals surface area contributed by atoms with E-state index in [1.54, 1.807) is 12.1 Å². The molecule has 1 unspecified atom stereocenters. The van der Waals surface area contributed by atoms with Gasteiger partial charge in [-0.05, 0) is 58.8 Å². The number of aromatic amines is 1. The van der Waals surface area contributed by atoms with Crippen LogP contribution in [0.4, 0.5) is 9.18 Å². The number of hydrogen-bond acceptors (Lipinski definition) is 5. The summed E-state index contributed by atoms with van der Waals surface area (Å²) < 4.78 is 18.7. The summed E-state index contributed by atoms with van der Waals surface area (Å²) >= 11 is 0. The maximum atomic E-state index is 13.0. The Kier molecular flexibility index (Phi) is 4.78. The Morgan fingerprint density at radius 2 is 1.63 bits per heavy atom. The van der Waals surface area contributed by atoms with Crippen molar-refractivity contribution in [2.24, 2.45) is 0 Å². The van der Waals surface area contributed by atoms with Crippen LogP contribution in [-0.4, -0.2) is 62.6 Å². The largest absolute Gasteiger partial charge is 0.457 e. The van der Waals surface area contributed by atoms with Crippen LogP contribution in [0, 0.1) is 5.82 Å². The number of carbonyl (C=O) groups is 1. The van der Waals surface area contributed by atoms with Gasteiger partial charge in [0.15, 0.2) is 5.82 Å². The Balaban J connectivity index is 1.13. The molecule has 30 heavy (non-hydrogen) atoms. The van der Waals surface area contributed by atoms with E-state index >= 15 is 0 Å². The molecule has 5 rings (SSSR count). The lowest BCUT2D eigenvalue weighted by Gasteiger charge is -2.41. The molecule has 9 heteroatoms. The van der Waals surface area contributed by atoms with Gasteiger partial charge in [-0.25, -0.2) is 14.3 Å². The molecule has 0 aliphatic carbocycles. The molecule has 2 fully saturated rings. The fourth-order valence-corrected chi connectivity index (χ4v) is 3.99. The second-order valence-electron chi connectivity index (χ2n) is 7.73. The summed E-state index contributed by atoms with van der Waals surface area (Å²) in [5.74, 6) is 2.24. The molecule has 154 valence electrons. The summed E-state index contributed by atoms with van der Waals surface area (Å²) in [6.07, 6.45) is 0.870. The zero-order valence-electron chi connectivity index (χ0n) is 16.2. The second kappa shape index (κ2) is 7.74. The summed E-state index contributed by atoms with van der Waals surface area (Å²) in [5, 5.41) is 14.0. The van der Waals surface area contributed by atoms with Crippen molar-refractivity contribution in [1.82, 2.24) is 30.4 Å². The average Bonchev–Trinajstić information content (AvgIpc) is 3.41. The normalized spacial score (nSPS) is 19.0. The Morgan fingerprint density at radius 1 is 0.967 bits per heavy atom. The van der Waals surface area contributed by atoms with Gasteiger partial charge in [-0.15, -0.1) is 5.10 Å². The molecule has 0 bridgehead atoms. The average molecular weight is 408 g/mol. The van der Waals surface area contributed by atoms with Crippen LogP contribution in [-0.2, 0) is 0 Å². The molecule has 2 aromatic carbocycles. The smallest absolute Gasteiger partial charge is 0.320 e. The van der Waals surface area contributed by atoms with Crippen molar-refractivity contribution in [3.63, 3.8) is 0 Å². The van der Waals surface area contributed by atoms with Gasteiger partial charge in [-0.2, -0.15) is 0 Å². The molecule has 3 aromatic rings. The predicted molar refractivity (Wildman–Crippen MR) is 106 cm³/mol. The number of hydrogen-bond donors (Lipinski definition) is 1. The van der Waals surface area contributed by atoms with Crippen molar-refractivity contribution < 1.29 is 13.9 Å². The van der Waals surface area contributed by atoms with E-state index in [-0.39, 0.29) is 17.8 Å². The molecule has 1 atom stereocenters. The van der Waals surface area contributed by atoms with Crippen LogP contribution in [0.1, 0.15) is 29.6 Å². The Morgan fingerprint density at radius 3 is 2.30 bits per heavy atom. The van der Waals surface area contributed by atoms with E-state index in [9.17, 15) is 9.18 Å². The first-order chi connectivity index (χ1) is 14.7. The van der Waals surface area contributed by atoms with Gasteiger partial charge in [-0.3, -0.25) is 0 Å². The highest BCUT2D eigenvalue weighted by Crippen LogP contribution is 2.32. The molecule has 8 nitrogen and oxygen atoms in total. The van der Waals surface area contributed by atoms with E-state index in [2.05, 4.69) is 20.6 Å². The van der Waals surface area contributed by atoms with Gasteiger partial charge in [0.05, 0.1) is 0 Å². The number of amides is 2. The number of urea groups is 1. The van der Waals surface area contributed by atoms with E-state index in [0.717, 1.165) is 18.8 Å². The monoisotopic (exact) mass is 408 g/mol. The molecular formula is C21H21FN6O2.